The summed E-state index contributed by atoms with van der Waals surface area (Å²) in [5, 5.41) is 0.0560. The molecule has 0 amide bonds. The maximum absolute atomic E-state index is 12.6. The molecule has 0 spiro atoms. The summed E-state index contributed by atoms with van der Waals surface area (Å²) in [6.45, 7) is 2.07. The molecule has 0 unspecified atom stereocenters. The molecular formula is C29H30Cl2O9S2. The zero-order chi connectivity index (χ0) is 31.4. The van der Waals surface area contributed by atoms with Gasteiger partial charge in [0.25, 0.3) is 0 Å². The molecule has 0 atom stereocenters. The van der Waals surface area contributed by atoms with Gasteiger partial charge in [-0.05, 0) is 69.0 Å². The zero-order valence-corrected chi connectivity index (χ0v) is 26.3. The van der Waals surface area contributed by atoms with E-state index in [4.69, 9.17) is 27.9 Å². The van der Waals surface area contributed by atoms with E-state index in [0.717, 1.165) is 38.2 Å². The van der Waals surface area contributed by atoms with E-state index in [-0.39, 0.29) is 72.1 Å². The fraction of sp³-hybridized carbons (Fsp3) is 0.379. The molecule has 0 aromatic heterocycles. The Labute approximate surface area is 255 Å². The second kappa shape index (κ2) is 13.6. The molecule has 13 heteroatoms. The Kier molecular flexibility index (Phi) is 10.9. The lowest BCUT2D eigenvalue weighted by Crippen LogP contribution is -2.16. The van der Waals surface area contributed by atoms with Gasteiger partial charge in [-0.15, -0.1) is 0 Å². The van der Waals surface area contributed by atoms with Crippen LogP contribution in [0.5, 0.6) is 0 Å². The van der Waals surface area contributed by atoms with Crippen molar-refractivity contribution < 1.29 is 40.8 Å². The number of ketones is 4. The number of hydrogen-bond acceptors (Lipinski definition) is 9. The Morgan fingerprint density at radius 1 is 0.810 bits per heavy atom. The van der Waals surface area contributed by atoms with Gasteiger partial charge in [-0.3, -0.25) is 19.2 Å². The molecule has 0 N–H and O–H groups in total. The van der Waals surface area contributed by atoms with E-state index >= 15 is 0 Å². The van der Waals surface area contributed by atoms with Gasteiger partial charge in [0.2, 0.25) is 5.78 Å². The Morgan fingerprint density at radius 3 is 1.69 bits per heavy atom. The molecule has 2 aromatic carbocycles. The van der Waals surface area contributed by atoms with Crippen LogP contribution in [0.3, 0.4) is 0 Å². The van der Waals surface area contributed by atoms with Crippen molar-refractivity contribution in [1.29, 1.82) is 0 Å². The number of benzene rings is 2. The molecule has 2 saturated carbocycles. The molecule has 2 aliphatic rings. The smallest absolute Gasteiger partial charge is 0.201 e. The molecule has 0 radical (unpaired) electrons. The first-order valence-corrected chi connectivity index (χ1v) is 17.5. The van der Waals surface area contributed by atoms with Crippen LogP contribution in [-0.2, 0) is 34.0 Å². The minimum atomic E-state index is -3.42. The number of hydrogen-bond donors (Lipinski definition) is 0. The number of ether oxygens (including phenoxy) is 1. The van der Waals surface area contributed by atoms with Gasteiger partial charge in [0, 0.05) is 35.5 Å². The van der Waals surface area contributed by atoms with Crippen molar-refractivity contribution in [3.05, 3.63) is 69.4 Å². The van der Waals surface area contributed by atoms with Crippen molar-refractivity contribution in [3.63, 3.8) is 0 Å². The van der Waals surface area contributed by atoms with Crippen LogP contribution in [0.2, 0.25) is 10.0 Å². The lowest BCUT2D eigenvalue weighted by atomic mass is 9.98. The summed E-state index contributed by atoms with van der Waals surface area (Å²) in [4.78, 5) is 48.4. The minimum absolute atomic E-state index is 0.0103. The van der Waals surface area contributed by atoms with Crippen LogP contribution in [0.4, 0.5) is 0 Å². The third kappa shape index (κ3) is 9.07. The molecule has 0 aliphatic heterocycles. The van der Waals surface area contributed by atoms with Crippen LogP contribution in [0, 0.1) is 11.8 Å². The zero-order valence-electron chi connectivity index (χ0n) is 23.2. The normalized spacial score (nSPS) is 15.3. The summed E-state index contributed by atoms with van der Waals surface area (Å²) in [6.07, 6.45) is 6.35. The largest absolute Gasteiger partial charge is 0.501 e. The minimum Gasteiger partial charge on any atom is -0.501 e. The second-order valence-corrected chi connectivity index (χ2v) is 15.0. The third-order valence-electron chi connectivity index (χ3n) is 6.48. The van der Waals surface area contributed by atoms with E-state index in [0.29, 0.717) is 6.61 Å². The van der Waals surface area contributed by atoms with Crippen molar-refractivity contribution in [2.45, 2.75) is 48.8 Å². The van der Waals surface area contributed by atoms with E-state index in [1.165, 1.54) is 42.7 Å². The highest BCUT2D eigenvalue weighted by molar-refractivity contribution is 7.91. The van der Waals surface area contributed by atoms with Crippen LogP contribution in [0.25, 0.3) is 0 Å². The highest BCUT2D eigenvalue weighted by Crippen LogP contribution is 2.34. The fourth-order valence-electron chi connectivity index (χ4n) is 3.77. The molecule has 4 rings (SSSR count). The van der Waals surface area contributed by atoms with Gasteiger partial charge in [0.05, 0.1) is 39.1 Å². The van der Waals surface area contributed by atoms with Gasteiger partial charge in [-0.25, -0.2) is 16.8 Å². The molecule has 0 heterocycles. The number of allylic oxidation sites excluding steroid dienone is 1. The second-order valence-electron chi connectivity index (χ2n) is 10.1. The summed E-state index contributed by atoms with van der Waals surface area (Å²) < 4.78 is 50.8. The summed E-state index contributed by atoms with van der Waals surface area (Å²) in [5.74, 6) is -1.35. The Balaban J connectivity index is 0.000000235. The predicted octanol–water partition coefficient (Wildman–Crippen LogP) is 5.12. The monoisotopic (exact) mass is 656 g/mol. The fourth-order valence-corrected chi connectivity index (χ4v) is 5.74. The lowest BCUT2D eigenvalue weighted by Gasteiger charge is -2.08. The molecule has 9 nitrogen and oxygen atoms in total. The Bertz CT molecular complexity index is 1670. The maximum Gasteiger partial charge on any atom is 0.201 e. The van der Waals surface area contributed by atoms with E-state index in [1.807, 2.05) is 0 Å². The summed E-state index contributed by atoms with van der Waals surface area (Å²) >= 11 is 12.0. The Morgan fingerprint density at radius 2 is 1.29 bits per heavy atom. The first kappa shape index (κ1) is 33.6. The van der Waals surface area contributed by atoms with Gasteiger partial charge >= 0.3 is 0 Å². The standard InChI is InChI=1S/C16H17ClO5S.C13H13ClO4S/c1-3-22-9-13(15(18)10-4-5-10)16(19)12-7-6-11(8-14(12)17)23(2,20)21;1-19(17,18)9-4-5-10(11(14)6-9)13(16)7-12(15)8-2-3-8/h6-10H,3-5H2,1-2H3;4-6,8H,2-3,7H2,1H3. The quantitative estimate of drug-likeness (QED) is 0.0998. The van der Waals surface area contributed by atoms with Crippen LogP contribution in [-0.4, -0.2) is 59.1 Å². The van der Waals surface area contributed by atoms with E-state index in [2.05, 4.69) is 0 Å². The summed E-state index contributed by atoms with van der Waals surface area (Å²) in [5.41, 5.74) is 0.227. The van der Waals surface area contributed by atoms with E-state index in [9.17, 15) is 36.0 Å². The van der Waals surface area contributed by atoms with Gasteiger partial charge in [0.1, 0.15) is 11.4 Å². The lowest BCUT2D eigenvalue weighted by molar-refractivity contribution is -0.119. The highest BCUT2D eigenvalue weighted by atomic mass is 35.5. The molecular weight excluding hydrogens is 627 g/mol. The average Bonchev–Trinajstić information content (AvgIpc) is 3.81. The molecule has 2 aromatic rings. The highest BCUT2D eigenvalue weighted by Gasteiger charge is 2.35. The van der Waals surface area contributed by atoms with Gasteiger partial charge in [-0.2, -0.15) is 0 Å². The van der Waals surface area contributed by atoms with E-state index < -0.39 is 25.5 Å². The number of rotatable bonds is 12. The number of Topliss-reactive ketones (excluding diaryl/α,β-unsaturated/α-hetero) is 4. The number of carbonyl (C=O) groups is 4. The Hall–Kier alpha value is -2.86. The predicted molar refractivity (Wildman–Crippen MR) is 158 cm³/mol. The van der Waals surface area contributed by atoms with Gasteiger partial charge < -0.3 is 4.74 Å². The summed E-state index contributed by atoms with van der Waals surface area (Å²) in [6, 6.07) is 7.77. The third-order valence-corrected chi connectivity index (χ3v) is 9.32. The van der Waals surface area contributed by atoms with Crippen molar-refractivity contribution in [3.8, 4) is 0 Å². The SMILES string of the molecule is CCOC=C(C(=O)c1ccc(S(C)(=O)=O)cc1Cl)C(=O)C1CC1.CS(=O)(=O)c1ccc(C(=O)CC(=O)C2CC2)c(Cl)c1. The molecule has 2 aliphatic carbocycles. The van der Waals surface area contributed by atoms with Crippen LogP contribution in [0.15, 0.2) is 58.0 Å². The van der Waals surface area contributed by atoms with Gasteiger partial charge in [0.15, 0.2) is 31.2 Å². The average molecular weight is 658 g/mol. The van der Waals surface area contributed by atoms with Crippen LogP contribution in [0.1, 0.15) is 59.7 Å². The number of sulfone groups is 2. The number of halogens is 2. The molecule has 2 fully saturated rings. The van der Waals surface area contributed by atoms with Crippen LogP contribution < -0.4 is 0 Å². The maximum atomic E-state index is 12.6. The van der Waals surface area contributed by atoms with Crippen molar-refractivity contribution >= 4 is 66.0 Å². The van der Waals surface area contributed by atoms with Gasteiger partial charge in [-0.1, -0.05) is 23.2 Å². The van der Waals surface area contributed by atoms with E-state index in [1.54, 1.807) is 6.92 Å². The molecule has 0 saturated heterocycles. The first-order chi connectivity index (χ1) is 19.5. The van der Waals surface area contributed by atoms with Crippen molar-refractivity contribution in [1.82, 2.24) is 0 Å². The summed E-state index contributed by atoms with van der Waals surface area (Å²) in [7, 11) is -6.78. The molecule has 226 valence electrons. The van der Waals surface area contributed by atoms with Crippen molar-refractivity contribution in [2.24, 2.45) is 11.8 Å². The first-order valence-electron chi connectivity index (χ1n) is 13.0. The topological polar surface area (TPSA) is 146 Å². The van der Waals surface area contributed by atoms with Crippen molar-refractivity contribution in [2.75, 3.05) is 19.1 Å². The molecule has 42 heavy (non-hydrogen) atoms. The number of carbonyl (C=O) groups excluding carboxylic acids is 4. The molecule has 0 bridgehead atoms. The van der Waals surface area contributed by atoms with Crippen LogP contribution >= 0.6 is 23.2 Å².